The zero-order chi connectivity index (χ0) is 19.2. The molecule has 3 aromatic rings. The van der Waals surface area contributed by atoms with E-state index in [1.165, 1.54) is 16.7 Å². The highest BCUT2D eigenvalue weighted by molar-refractivity contribution is 6.30. The molecule has 0 saturated carbocycles. The van der Waals surface area contributed by atoms with Crippen molar-refractivity contribution in [1.82, 2.24) is 0 Å². The van der Waals surface area contributed by atoms with Gasteiger partial charge in [-0.1, -0.05) is 91.3 Å². The van der Waals surface area contributed by atoms with Crippen LogP contribution in [0.15, 0.2) is 78.0 Å². The van der Waals surface area contributed by atoms with Gasteiger partial charge in [0.15, 0.2) is 0 Å². The molecular formula is C24H24ClNO. The molecule has 0 bridgehead atoms. The van der Waals surface area contributed by atoms with Crippen LogP contribution in [-0.2, 0) is 11.4 Å². The number of halogens is 1. The molecule has 0 radical (unpaired) electrons. The van der Waals surface area contributed by atoms with E-state index in [1.807, 2.05) is 30.3 Å². The van der Waals surface area contributed by atoms with E-state index in [4.69, 9.17) is 16.4 Å². The lowest BCUT2D eigenvalue weighted by atomic mass is 9.97. The summed E-state index contributed by atoms with van der Waals surface area (Å²) < 4.78 is 0. The first kappa shape index (κ1) is 19.2. The molecule has 3 heteroatoms. The maximum atomic E-state index is 5.99. The molecule has 0 aliphatic heterocycles. The lowest BCUT2D eigenvalue weighted by molar-refractivity contribution is 0.129. The van der Waals surface area contributed by atoms with Gasteiger partial charge in [0.1, 0.15) is 6.61 Å². The van der Waals surface area contributed by atoms with Gasteiger partial charge in [0.25, 0.3) is 0 Å². The first-order chi connectivity index (χ1) is 13.1. The van der Waals surface area contributed by atoms with Crippen LogP contribution in [0, 0.1) is 12.8 Å². The molecule has 2 nitrogen and oxygen atoms in total. The highest BCUT2D eigenvalue weighted by Crippen LogP contribution is 2.26. The molecule has 0 aromatic heterocycles. The van der Waals surface area contributed by atoms with Gasteiger partial charge >= 0.3 is 0 Å². The first-order valence-electron chi connectivity index (χ1n) is 9.16. The topological polar surface area (TPSA) is 21.6 Å². The van der Waals surface area contributed by atoms with Gasteiger partial charge in [0.05, 0.1) is 5.71 Å². The molecule has 138 valence electrons. The third kappa shape index (κ3) is 4.78. The molecule has 0 aliphatic rings. The molecule has 3 aromatic carbocycles. The second-order valence-electron chi connectivity index (χ2n) is 6.87. The smallest absolute Gasteiger partial charge is 0.142 e. The minimum absolute atomic E-state index is 0.253. The van der Waals surface area contributed by atoms with Gasteiger partial charge in [-0.05, 0) is 52.8 Å². The Labute approximate surface area is 166 Å². The third-order valence-corrected chi connectivity index (χ3v) is 4.85. The van der Waals surface area contributed by atoms with Crippen molar-refractivity contribution in [2.24, 2.45) is 11.1 Å². The molecule has 0 atom stereocenters. The molecule has 0 fully saturated rings. The fourth-order valence-corrected chi connectivity index (χ4v) is 3.18. The van der Waals surface area contributed by atoms with Crippen LogP contribution in [0.1, 0.15) is 30.5 Å². The van der Waals surface area contributed by atoms with Crippen LogP contribution >= 0.6 is 11.6 Å². The predicted molar refractivity (Wildman–Crippen MR) is 114 cm³/mol. The van der Waals surface area contributed by atoms with E-state index in [0.717, 1.165) is 21.9 Å². The van der Waals surface area contributed by atoms with Crippen molar-refractivity contribution in [3.05, 3.63) is 94.5 Å². The summed E-state index contributed by atoms with van der Waals surface area (Å²) in [5, 5.41) is 5.15. The van der Waals surface area contributed by atoms with Gasteiger partial charge in [-0.3, -0.25) is 0 Å². The van der Waals surface area contributed by atoms with Gasteiger partial charge in [0, 0.05) is 5.02 Å². The molecule has 0 amide bonds. The lowest BCUT2D eigenvalue weighted by Crippen LogP contribution is -2.10. The third-order valence-electron chi connectivity index (χ3n) is 4.60. The quantitative estimate of drug-likeness (QED) is 0.338. The van der Waals surface area contributed by atoms with Crippen LogP contribution in [0.2, 0.25) is 5.02 Å². The summed E-state index contributed by atoms with van der Waals surface area (Å²) in [7, 11) is 0. The van der Waals surface area contributed by atoms with Crippen molar-refractivity contribution < 1.29 is 4.84 Å². The Morgan fingerprint density at radius 2 is 1.63 bits per heavy atom. The number of hydrogen-bond donors (Lipinski definition) is 0. The van der Waals surface area contributed by atoms with E-state index in [9.17, 15) is 0 Å². The molecule has 27 heavy (non-hydrogen) atoms. The van der Waals surface area contributed by atoms with Gasteiger partial charge in [-0.2, -0.15) is 0 Å². The van der Waals surface area contributed by atoms with E-state index in [2.05, 4.69) is 68.4 Å². The number of oxime groups is 1. The second kappa shape index (κ2) is 8.88. The maximum absolute atomic E-state index is 5.99. The number of benzene rings is 3. The summed E-state index contributed by atoms with van der Waals surface area (Å²) in [6.07, 6.45) is 0. The molecule has 0 heterocycles. The van der Waals surface area contributed by atoms with Crippen molar-refractivity contribution in [2.75, 3.05) is 0 Å². The first-order valence-corrected chi connectivity index (χ1v) is 9.53. The summed E-state index contributed by atoms with van der Waals surface area (Å²) >= 11 is 5.99. The van der Waals surface area contributed by atoms with Crippen LogP contribution in [0.25, 0.3) is 11.1 Å². The fraction of sp³-hybridized carbons (Fsp3) is 0.208. The van der Waals surface area contributed by atoms with Crippen molar-refractivity contribution in [1.29, 1.82) is 0 Å². The molecule has 0 aliphatic carbocycles. The van der Waals surface area contributed by atoms with Crippen molar-refractivity contribution in [3.63, 3.8) is 0 Å². The van der Waals surface area contributed by atoms with Crippen LogP contribution in [0.4, 0.5) is 0 Å². The largest absolute Gasteiger partial charge is 0.391 e. The van der Waals surface area contributed by atoms with Crippen LogP contribution < -0.4 is 0 Å². The average Bonchev–Trinajstić information content (AvgIpc) is 2.68. The normalized spacial score (nSPS) is 11.7. The Kier molecular flexibility index (Phi) is 6.31. The Balaban J connectivity index is 1.79. The molecule has 0 saturated heterocycles. The lowest BCUT2D eigenvalue weighted by Gasteiger charge is -2.13. The van der Waals surface area contributed by atoms with E-state index in [0.29, 0.717) is 6.61 Å². The predicted octanol–water partition coefficient (Wildman–Crippen LogP) is 6.89. The minimum atomic E-state index is 0.253. The Hall–Kier alpha value is -2.58. The van der Waals surface area contributed by atoms with Crippen molar-refractivity contribution in [3.8, 4) is 11.1 Å². The zero-order valence-electron chi connectivity index (χ0n) is 15.9. The minimum Gasteiger partial charge on any atom is -0.391 e. The molecule has 0 spiro atoms. The van der Waals surface area contributed by atoms with E-state index >= 15 is 0 Å². The molecular weight excluding hydrogens is 354 g/mol. The number of rotatable bonds is 6. The summed E-state index contributed by atoms with van der Waals surface area (Å²) in [5.41, 5.74) is 6.75. The van der Waals surface area contributed by atoms with Crippen LogP contribution in [0.3, 0.4) is 0 Å². The van der Waals surface area contributed by atoms with Gasteiger partial charge in [0.2, 0.25) is 0 Å². The van der Waals surface area contributed by atoms with Crippen LogP contribution in [0.5, 0.6) is 0 Å². The SMILES string of the molecule is Cc1c(CO/N=C(/c2ccc(Cl)cc2)C(C)C)cccc1-c1ccccc1. The standard InChI is InChI=1S/C24H24ClNO/c1-17(2)24(20-12-14-22(25)15-13-20)26-27-16-21-10-7-11-23(18(21)3)19-8-5-4-6-9-19/h4-15,17H,16H2,1-3H3/b26-24+. The molecule has 3 rings (SSSR count). The Bertz CT molecular complexity index is 915. The highest BCUT2D eigenvalue weighted by Gasteiger charge is 2.11. The van der Waals surface area contributed by atoms with E-state index in [1.54, 1.807) is 0 Å². The van der Waals surface area contributed by atoms with Gasteiger partial charge in [-0.15, -0.1) is 0 Å². The highest BCUT2D eigenvalue weighted by atomic mass is 35.5. The van der Waals surface area contributed by atoms with E-state index < -0.39 is 0 Å². The summed E-state index contributed by atoms with van der Waals surface area (Å²) in [6.45, 7) is 6.79. The zero-order valence-corrected chi connectivity index (χ0v) is 16.7. The van der Waals surface area contributed by atoms with Gasteiger partial charge < -0.3 is 4.84 Å². The van der Waals surface area contributed by atoms with Crippen molar-refractivity contribution >= 4 is 17.3 Å². The maximum Gasteiger partial charge on any atom is 0.142 e. The summed E-state index contributed by atoms with van der Waals surface area (Å²) in [5.74, 6) is 0.253. The summed E-state index contributed by atoms with van der Waals surface area (Å²) in [6, 6.07) is 24.4. The Morgan fingerprint density at radius 1 is 0.926 bits per heavy atom. The number of nitrogens with zero attached hydrogens (tertiary/aromatic N) is 1. The average molecular weight is 378 g/mol. The van der Waals surface area contributed by atoms with Crippen LogP contribution in [-0.4, -0.2) is 5.71 Å². The summed E-state index contributed by atoms with van der Waals surface area (Å²) in [4.78, 5) is 5.75. The molecule has 0 N–H and O–H groups in total. The van der Waals surface area contributed by atoms with E-state index in [-0.39, 0.29) is 5.92 Å². The second-order valence-corrected chi connectivity index (χ2v) is 7.30. The Morgan fingerprint density at radius 3 is 2.30 bits per heavy atom. The monoisotopic (exact) mass is 377 g/mol. The molecule has 0 unspecified atom stereocenters. The number of hydrogen-bond acceptors (Lipinski definition) is 2. The fourth-order valence-electron chi connectivity index (χ4n) is 3.05. The van der Waals surface area contributed by atoms with Gasteiger partial charge in [-0.25, -0.2) is 0 Å². The van der Waals surface area contributed by atoms with Crippen molar-refractivity contribution in [2.45, 2.75) is 27.4 Å².